The number of fused-ring (bicyclic) bond motifs is 1. The van der Waals surface area contributed by atoms with Crippen LogP contribution in [-0.2, 0) is 19.4 Å². The standard InChI is InChI=1S/C30H38N2/c1-3-28(31(4-2)24-25-14-7-5-8-15-25)20-13-21-32(29-18-9-6-10-19-29)30-22-26-16-11-12-17-27(26)23-30/h5-12,14-19,28,30H,3-4,13,20-24H2,1-2H3. The number of benzene rings is 3. The van der Waals surface area contributed by atoms with Gasteiger partial charge in [0, 0.05) is 30.9 Å². The maximum atomic E-state index is 2.68. The lowest BCUT2D eigenvalue weighted by atomic mass is 10.0. The van der Waals surface area contributed by atoms with Gasteiger partial charge in [-0.25, -0.2) is 0 Å². The molecule has 0 fully saturated rings. The van der Waals surface area contributed by atoms with E-state index >= 15 is 0 Å². The van der Waals surface area contributed by atoms with Gasteiger partial charge in [0.2, 0.25) is 0 Å². The highest BCUT2D eigenvalue weighted by atomic mass is 15.2. The summed E-state index contributed by atoms with van der Waals surface area (Å²) in [5.74, 6) is 0. The molecule has 1 aliphatic carbocycles. The predicted molar refractivity (Wildman–Crippen MR) is 137 cm³/mol. The first kappa shape index (κ1) is 22.6. The number of para-hydroxylation sites is 1. The summed E-state index contributed by atoms with van der Waals surface area (Å²) in [6.45, 7) is 7.94. The molecule has 0 radical (unpaired) electrons. The van der Waals surface area contributed by atoms with Gasteiger partial charge >= 0.3 is 0 Å². The van der Waals surface area contributed by atoms with Gasteiger partial charge < -0.3 is 4.90 Å². The van der Waals surface area contributed by atoms with Crippen LogP contribution in [0, 0.1) is 0 Å². The highest BCUT2D eigenvalue weighted by Gasteiger charge is 2.27. The molecule has 1 aliphatic rings. The van der Waals surface area contributed by atoms with E-state index in [0.717, 1.165) is 32.5 Å². The zero-order valence-corrected chi connectivity index (χ0v) is 19.8. The van der Waals surface area contributed by atoms with Gasteiger partial charge in [-0.05, 0) is 67.5 Å². The highest BCUT2D eigenvalue weighted by Crippen LogP contribution is 2.29. The minimum Gasteiger partial charge on any atom is -0.368 e. The Morgan fingerprint density at radius 2 is 1.38 bits per heavy atom. The molecular formula is C30H38N2. The summed E-state index contributed by atoms with van der Waals surface area (Å²) < 4.78 is 0. The van der Waals surface area contributed by atoms with Crippen LogP contribution in [0.5, 0.6) is 0 Å². The van der Waals surface area contributed by atoms with E-state index in [1.54, 1.807) is 0 Å². The maximum absolute atomic E-state index is 2.68. The van der Waals surface area contributed by atoms with Crippen molar-refractivity contribution in [2.45, 2.75) is 64.6 Å². The largest absolute Gasteiger partial charge is 0.368 e. The SMILES string of the molecule is CCC(CCCN(c1ccccc1)C1Cc2ccccc2C1)N(CC)Cc1ccccc1. The van der Waals surface area contributed by atoms with E-state index < -0.39 is 0 Å². The van der Waals surface area contributed by atoms with Gasteiger partial charge in [0.25, 0.3) is 0 Å². The molecule has 0 amide bonds. The van der Waals surface area contributed by atoms with Crippen LogP contribution in [0.25, 0.3) is 0 Å². The number of nitrogens with zero attached hydrogens (tertiary/aromatic N) is 2. The molecule has 0 saturated heterocycles. The first-order valence-electron chi connectivity index (χ1n) is 12.4. The van der Waals surface area contributed by atoms with Gasteiger partial charge in [-0.2, -0.15) is 0 Å². The molecule has 2 nitrogen and oxygen atoms in total. The van der Waals surface area contributed by atoms with Gasteiger partial charge in [0.1, 0.15) is 0 Å². The van der Waals surface area contributed by atoms with E-state index in [9.17, 15) is 0 Å². The van der Waals surface area contributed by atoms with Crippen LogP contribution in [-0.4, -0.2) is 30.1 Å². The Morgan fingerprint density at radius 3 is 1.97 bits per heavy atom. The van der Waals surface area contributed by atoms with Crippen LogP contribution < -0.4 is 4.90 Å². The molecule has 2 heteroatoms. The Morgan fingerprint density at radius 1 is 0.781 bits per heavy atom. The second-order valence-electron chi connectivity index (χ2n) is 9.11. The van der Waals surface area contributed by atoms with Crippen molar-refractivity contribution in [1.29, 1.82) is 0 Å². The van der Waals surface area contributed by atoms with Gasteiger partial charge in [-0.1, -0.05) is 86.6 Å². The molecule has 3 aromatic carbocycles. The molecule has 0 spiro atoms. The van der Waals surface area contributed by atoms with Crippen LogP contribution in [0.2, 0.25) is 0 Å². The molecule has 3 aromatic rings. The van der Waals surface area contributed by atoms with Crippen LogP contribution >= 0.6 is 0 Å². The van der Waals surface area contributed by atoms with Crippen molar-refractivity contribution in [3.05, 3.63) is 102 Å². The molecule has 0 aromatic heterocycles. The summed E-state index contributed by atoms with van der Waals surface area (Å²) in [5.41, 5.74) is 5.85. The Labute approximate surface area is 194 Å². The second kappa shape index (κ2) is 11.3. The average Bonchev–Trinajstić information content (AvgIpc) is 3.28. The highest BCUT2D eigenvalue weighted by molar-refractivity contribution is 5.49. The first-order valence-corrected chi connectivity index (χ1v) is 12.4. The number of hydrogen-bond donors (Lipinski definition) is 0. The summed E-state index contributed by atoms with van der Waals surface area (Å²) >= 11 is 0. The van der Waals surface area contributed by atoms with E-state index in [1.807, 2.05) is 0 Å². The lowest BCUT2D eigenvalue weighted by Crippen LogP contribution is -2.38. The van der Waals surface area contributed by atoms with E-state index in [4.69, 9.17) is 0 Å². The second-order valence-corrected chi connectivity index (χ2v) is 9.11. The third-order valence-electron chi connectivity index (χ3n) is 7.12. The predicted octanol–water partition coefficient (Wildman–Crippen LogP) is 6.74. The summed E-state index contributed by atoms with van der Waals surface area (Å²) in [6, 6.07) is 32.2. The van der Waals surface area contributed by atoms with Crippen molar-refractivity contribution in [3.63, 3.8) is 0 Å². The Kier molecular flexibility index (Phi) is 8.01. The Bertz CT molecular complexity index is 912. The number of rotatable bonds is 11. The molecule has 1 unspecified atom stereocenters. The molecule has 168 valence electrons. The Balaban J connectivity index is 1.40. The molecule has 32 heavy (non-hydrogen) atoms. The zero-order chi connectivity index (χ0) is 22.2. The molecule has 0 heterocycles. The number of anilines is 1. The molecule has 0 aliphatic heterocycles. The lowest BCUT2D eigenvalue weighted by molar-refractivity contribution is 0.180. The third-order valence-corrected chi connectivity index (χ3v) is 7.12. The monoisotopic (exact) mass is 426 g/mol. The molecule has 1 atom stereocenters. The van der Waals surface area contributed by atoms with Crippen LogP contribution in [0.3, 0.4) is 0 Å². The van der Waals surface area contributed by atoms with Crippen molar-refractivity contribution >= 4 is 5.69 Å². The fourth-order valence-electron chi connectivity index (χ4n) is 5.36. The topological polar surface area (TPSA) is 6.48 Å². The lowest BCUT2D eigenvalue weighted by Gasteiger charge is -2.34. The summed E-state index contributed by atoms with van der Waals surface area (Å²) in [4.78, 5) is 5.34. The maximum Gasteiger partial charge on any atom is 0.0370 e. The quantitative estimate of drug-likeness (QED) is 0.335. The minimum atomic E-state index is 0.571. The molecule has 0 bridgehead atoms. The molecule has 4 rings (SSSR count). The van der Waals surface area contributed by atoms with Crippen molar-refractivity contribution in [2.24, 2.45) is 0 Å². The smallest absolute Gasteiger partial charge is 0.0370 e. The molecular weight excluding hydrogens is 388 g/mol. The van der Waals surface area contributed by atoms with Gasteiger partial charge in [0.15, 0.2) is 0 Å². The fourth-order valence-corrected chi connectivity index (χ4v) is 5.36. The van der Waals surface area contributed by atoms with Gasteiger partial charge in [-0.15, -0.1) is 0 Å². The fraction of sp³-hybridized carbons (Fsp3) is 0.400. The van der Waals surface area contributed by atoms with Crippen LogP contribution in [0.15, 0.2) is 84.9 Å². The average molecular weight is 427 g/mol. The van der Waals surface area contributed by atoms with Crippen LogP contribution in [0.4, 0.5) is 5.69 Å². The van der Waals surface area contributed by atoms with Crippen LogP contribution in [0.1, 0.15) is 49.8 Å². The van der Waals surface area contributed by atoms with E-state index in [0.29, 0.717) is 12.1 Å². The minimum absolute atomic E-state index is 0.571. The van der Waals surface area contributed by atoms with Gasteiger partial charge in [0.05, 0.1) is 0 Å². The zero-order valence-electron chi connectivity index (χ0n) is 19.8. The Hall–Kier alpha value is -2.58. The van der Waals surface area contributed by atoms with Gasteiger partial charge in [-0.3, -0.25) is 4.90 Å². The normalized spacial score (nSPS) is 14.5. The molecule has 0 saturated carbocycles. The summed E-state index contributed by atoms with van der Waals surface area (Å²) in [7, 11) is 0. The van der Waals surface area contributed by atoms with Crippen molar-refractivity contribution in [2.75, 3.05) is 18.0 Å². The number of hydrogen-bond acceptors (Lipinski definition) is 2. The molecule has 0 N–H and O–H groups in total. The first-order chi connectivity index (χ1) is 15.8. The summed E-state index contributed by atoms with van der Waals surface area (Å²) in [6.07, 6.45) is 6.02. The van der Waals surface area contributed by atoms with E-state index in [-0.39, 0.29) is 0 Å². The van der Waals surface area contributed by atoms with Crippen molar-refractivity contribution in [1.82, 2.24) is 4.90 Å². The summed E-state index contributed by atoms with van der Waals surface area (Å²) in [5, 5.41) is 0. The third kappa shape index (κ3) is 5.61. The van der Waals surface area contributed by atoms with Crippen molar-refractivity contribution in [3.8, 4) is 0 Å². The van der Waals surface area contributed by atoms with E-state index in [2.05, 4.69) is 109 Å². The van der Waals surface area contributed by atoms with Crippen molar-refractivity contribution < 1.29 is 0 Å². The van der Waals surface area contributed by atoms with E-state index in [1.165, 1.54) is 41.6 Å².